The largest absolute Gasteiger partial charge is 0.459 e. The molecule has 0 saturated heterocycles. The monoisotopic (exact) mass is 371 g/mol. The summed E-state index contributed by atoms with van der Waals surface area (Å²) in [6.45, 7) is -0.231. The summed E-state index contributed by atoms with van der Waals surface area (Å²) in [6, 6.07) is 13.8. The summed E-state index contributed by atoms with van der Waals surface area (Å²) in [6.07, 6.45) is 2.74. The van der Waals surface area contributed by atoms with Crippen molar-refractivity contribution in [2.75, 3.05) is 6.54 Å². The number of hydrogen-bond acceptors (Lipinski definition) is 5. The van der Waals surface area contributed by atoms with E-state index < -0.39 is 11.8 Å². The molecule has 2 aromatic heterocycles. The highest BCUT2D eigenvalue weighted by Crippen LogP contribution is 2.23. The zero-order chi connectivity index (χ0) is 18.4. The molecule has 0 radical (unpaired) electrons. The first-order valence-corrected chi connectivity index (χ1v) is 7.99. The fraction of sp³-hybridized carbons (Fsp3) is 0.0556. The van der Waals surface area contributed by atoms with E-state index in [9.17, 15) is 9.59 Å². The summed E-state index contributed by atoms with van der Waals surface area (Å²) >= 11 is 5.85. The second-order valence-electron chi connectivity index (χ2n) is 5.16. The maximum Gasteiger partial charge on any atom is 0.287 e. The minimum atomic E-state index is -0.481. The molecule has 2 heterocycles. The van der Waals surface area contributed by atoms with Gasteiger partial charge in [-0.05, 0) is 48.5 Å². The maximum absolute atomic E-state index is 11.7. The van der Waals surface area contributed by atoms with E-state index in [1.807, 2.05) is 12.1 Å². The molecule has 0 aliphatic rings. The third-order valence-corrected chi connectivity index (χ3v) is 3.54. The number of furan rings is 2. The fourth-order valence-corrected chi connectivity index (χ4v) is 2.18. The molecule has 2 amide bonds. The minimum absolute atomic E-state index is 0.131. The molecule has 0 spiro atoms. The van der Waals surface area contributed by atoms with Gasteiger partial charge in [0.2, 0.25) is 0 Å². The Balaban J connectivity index is 1.48. The molecule has 0 atom stereocenters. The van der Waals surface area contributed by atoms with Gasteiger partial charge in [-0.15, -0.1) is 0 Å². The van der Waals surface area contributed by atoms with Crippen LogP contribution in [0.2, 0.25) is 5.02 Å². The Kier molecular flexibility index (Phi) is 5.50. The third kappa shape index (κ3) is 4.61. The Bertz CT molecular complexity index is 914. The van der Waals surface area contributed by atoms with Gasteiger partial charge in [-0.25, -0.2) is 5.43 Å². The number of nitrogens with zero attached hydrogens (tertiary/aromatic N) is 1. The van der Waals surface area contributed by atoms with E-state index in [2.05, 4.69) is 15.8 Å². The zero-order valence-corrected chi connectivity index (χ0v) is 14.2. The smallest absolute Gasteiger partial charge is 0.287 e. The Labute approximate surface area is 153 Å². The van der Waals surface area contributed by atoms with E-state index in [0.29, 0.717) is 16.5 Å². The number of carbonyl (C=O) groups excluding carboxylic acids is 2. The van der Waals surface area contributed by atoms with Gasteiger partial charge in [0.1, 0.15) is 11.5 Å². The molecule has 26 heavy (non-hydrogen) atoms. The van der Waals surface area contributed by atoms with Gasteiger partial charge in [0.15, 0.2) is 5.76 Å². The standard InChI is InChI=1S/C18H14ClN3O4/c19-13-5-3-12(4-6-13)15-8-7-14(26-15)10-21-22-17(23)11-20-18(24)16-2-1-9-25-16/h1-10H,11H2,(H,20,24)(H,22,23)/b21-10-. The summed E-state index contributed by atoms with van der Waals surface area (Å²) in [5.74, 6) is 0.292. The number of benzene rings is 1. The first-order chi connectivity index (χ1) is 12.6. The van der Waals surface area contributed by atoms with Gasteiger partial charge in [-0.3, -0.25) is 9.59 Å². The molecule has 0 fully saturated rings. The van der Waals surface area contributed by atoms with Crippen LogP contribution in [0.4, 0.5) is 0 Å². The van der Waals surface area contributed by atoms with Gasteiger partial charge in [-0.2, -0.15) is 5.10 Å². The number of halogens is 1. The summed E-state index contributed by atoms with van der Waals surface area (Å²) in [5, 5.41) is 6.84. The Hall–Kier alpha value is -3.32. The van der Waals surface area contributed by atoms with Crippen molar-refractivity contribution in [2.45, 2.75) is 0 Å². The highest BCUT2D eigenvalue weighted by Gasteiger charge is 2.09. The molecular formula is C18H14ClN3O4. The van der Waals surface area contributed by atoms with E-state index in [-0.39, 0.29) is 12.3 Å². The van der Waals surface area contributed by atoms with Crippen molar-refractivity contribution in [1.29, 1.82) is 0 Å². The van der Waals surface area contributed by atoms with Gasteiger partial charge < -0.3 is 14.2 Å². The molecule has 0 saturated carbocycles. The predicted octanol–water partition coefficient (Wildman–Crippen LogP) is 3.07. The molecule has 7 nitrogen and oxygen atoms in total. The number of amides is 2. The van der Waals surface area contributed by atoms with Crippen LogP contribution in [0.5, 0.6) is 0 Å². The number of nitrogens with one attached hydrogen (secondary N) is 2. The van der Waals surface area contributed by atoms with Crippen molar-refractivity contribution in [1.82, 2.24) is 10.7 Å². The predicted molar refractivity (Wildman–Crippen MR) is 95.9 cm³/mol. The average Bonchev–Trinajstić information content (AvgIpc) is 3.32. The lowest BCUT2D eigenvalue weighted by molar-refractivity contribution is -0.120. The van der Waals surface area contributed by atoms with Gasteiger partial charge in [0.05, 0.1) is 19.0 Å². The Morgan fingerprint density at radius 1 is 1.12 bits per heavy atom. The average molecular weight is 372 g/mol. The Morgan fingerprint density at radius 2 is 1.92 bits per heavy atom. The lowest BCUT2D eigenvalue weighted by atomic mass is 10.2. The van der Waals surface area contributed by atoms with E-state index in [1.165, 1.54) is 18.5 Å². The van der Waals surface area contributed by atoms with Crippen LogP contribution in [0.1, 0.15) is 16.3 Å². The molecule has 3 aromatic rings. The van der Waals surface area contributed by atoms with Crippen LogP contribution >= 0.6 is 11.6 Å². The third-order valence-electron chi connectivity index (χ3n) is 3.29. The van der Waals surface area contributed by atoms with Crippen LogP contribution in [0.3, 0.4) is 0 Å². The molecule has 2 N–H and O–H groups in total. The topological polar surface area (TPSA) is 96.8 Å². The molecular weight excluding hydrogens is 358 g/mol. The van der Waals surface area contributed by atoms with Gasteiger partial charge in [0.25, 0.3) is 11.8 Å². The van der Waals surface area contributed by atoms with Crippen LogP contribution in [0.15, 0.2) is 68.7 Å². The van der Waals surface area contributed by atoms with Gasteiger partial charge in [-0.1, -0.05) is 11.6 Å². The lowest BCUT2D eigenvalue weighted by Gasteiger charge is -2.01. The van der Waals surface area contributed by atoms with E-state index in [0.717, 1.165) is 5.56 Å². The molecule has 0 aliphatic carbocycles. The van der Waals surface area contributed by atoms with Gasteiger partial charge in [0, 0.05) is 10.6 Å². The number of rotatable bonds is 6. The number of hydrazone groups is 1. The fourth-order valence-electron chi connectivity index (χ4n) is 2.05. The lowest BCUT2D eigenvalue weighted by Crippen LogP contribution is -2.34. The summed E-state index contributed by atoms with van der Waals surface area (Å²) < 4.78 is 10.5. The van der Waals surface area contributed by atoms with Crippen molar-refractivity contribution >= 4 is 29.6 Å². The van der Waals surface area contributed by atoms with Crippen LogP contribution in [-0.4, -0.2) is 24.6 Å². The van der Waals surface area contributed by atoms with E-state index >= 15 is 0 Å². The van der Waals surface area contributed by atoms with Crippen molar-refractivity contribution in [2.24, 2.45) is 5.10 Å². The van der Waals surface area contributed by atoms with Crippen molar-refractivity contribution in [3.8, 4) is 11.3 Å². The summed E-state index contributed by atoms with van der Waals surface area (Å²) in [4.78, 5) is 23.3. The molecule has 3 rings (SSSR count). The zero-order valence-electron chi connectivity index (χ0n) is 13.4. The van der Waals surface area contributed by atoms with Crippen LogP contribution in [0.25, 0.3) is 11.3 Å². The molecule has 0 aliphatic heterocycles. The van der Waals surface area contributed by atoms with E-state index in [1.54, 1.807) is 30.3 Å². The first kappa shape index (κ1) is 17.5. The summed E-state index contributed by atoms with van der Waals surface area (Å²) in [7, 11) is 0. The van der Waals surface area contributed by atoms with Crippen LogP contribution < -0.4 is 10.7 Å². The normalized spacial score (nSPS) is 10.8. The second-order valence-corrected chi connectivity index (χ2v) is 5.60. The van der Waals surface area contributed by atoms with Crippen molar-refractivity contribution in [3.63, 3.8) is 0 Å². The molecule has 8 heteroatoms. The van der Waals surface area contributed by atoms with Crippen LogP contribution in [0, 0.1) is 0 Å². The molecule has 132 valence electrons. The first-order valence-electron chi connectivity index (χ1n) is 7.61. The quantitative estimate of drug-likeness (QED) is 0.514. The van der Waals surface area contributed by atoms with Crippen molar-refractivity contribution in [3.05, 3.63) is 71.3 Å². The highest BCUT2D eigenvalue weighted by molar-refractivity contribution is 6.30. The number of carbonyl (C=O) groups is 2. The number of hydrogen-bond donors (Lipinski definition) is 2. The molecule has 0 bridgehead atoms. The molecule has 0 unspecified atom stereocenters. The SMILES string of the molecule is O=C(CNC(=O)c1ccco1)N/N=C\c1ccc(-c2ccc(Cl)cc2)o1. The highest BCUT2D eigenvalue weighted by atomic mass is 35.5. The van der Waals surface area contributed by atoms with E-state index in [4.69, 9.17) is 20.4 Å². The van der Waals surface area contributed by atoms with Gasteiger partial charge >= 0.3 is 0 Å². The minimum Gasteiger partial charge on any atom is -0.459 e. The molecule has 1 aromatic carbocycles. The van der Waals surface area contributed by atoms with Crippen molar-refractivity contribution < 1.29 is 18.4 Å². The second kappa shape index (κ2) is 8.17. The Morgan fingerprint density at radius 3 is 2.65 bits per heavy atom. The maximum atomic E-state index is 11.7. The van der Waals surface area contributed by atoms with Crippen LogP contribution in [-0.2, 0) is 4.79 Å². The summed E-state index contributed by atoms with van der Waals surface area (Å²) in [5.41, 5.74) is 3.17.